The molecule has 21 heavy (non-hydrogen) atoms. The van der Waals surface area contributed by atoms with Gasteiger partial charge in [-0.15, -0.1) is 0 Å². The number of aromatic nitrogens is 2. The normalized spacial score (nSPS) is 12.6. The molecule has 0 unspecified atom stereocenters. The standard InChI is InChI=1S/C16H21BrClN3/c1-4-14-16(18)15(21(5-2)20-14)10-19-11(3)12-8-6-7-9-13(12)17/h6-9,11,19H,4-5,10H2,1-3H3/t11-/m0/s1. The maximum atomic E-state index is 6.44. The summed E-state index contributed by atoms with van der Waals surface area (Å²) in [4.78, 5) is 0. The van der Waals surface area contributed by atoms with Crippen LogP contribution < -0.4 is 5.32 Å². The summed E-state index contributed by atoms with van der Waals surface area (Å²) in [6.07, 6.45) is 0.860. The Morgan fingerprint density at radius 2 is 2.05 bits per heavy atom. The highest BCUT2D eigenvalue weighted by Crippen LogP contribution is 2.25. The van der Waals surface area contributed by atoms with E-state index < -0.39 is 0 Å². The molecule has 0 aliphatic heterocycles. The van der Waals surface area contributed by atoms with Gasteiger partial charge in [0, 0.05) is 23.6 Å². The molecule has 3 nitrogen and oxygen atoms in total. The van der Waals surface area contributed by atoms with Crippen molar-refractivity contribution in [1.82, 2.24) is 15.1 Å². The number of hydrogen-bond acceptors (Lipinski definition) is 2. The smallest absolute Gasteiger partial charge is 0.0863 e. The molecule has 114 valence electrons. The number of rotatable bonds is 6. The van der Waals surface area contributed by atoms with Crippen LogP contribution in [0.15, 0.2) is 28.7 Å². The molecule has 0 radical (unpaired) electrons. The monoisotopic (exact) mass is 369 g/mol. The molecular weight excluding hydrogens is 350 g/mol. The van der Waals surface area contributed by atoms with Crippen molar-refractivity contribution in [2.75, 3.05) is 0 Å². The second-order valence-corrected chi connectivity index (χ2v) is 6.23. The van der Waals surface area contributed by atoms with E-state index in [-0.39, 0.29) is 6.04 Å². The number of halogens is 2. The molecule has 0 fully saturated rings. The van der Waals surface area contributed by atoms with Crippen molar-refractivity contribution in [3.05, 3.63) is 50.7 Å². The minimum Gasteiger partial charge on any atom is -0.304 e. The zero-order chi connectivity index (χ0) is 15.4. The average Bonchev–Trinajstić information content (AvgIpc) is 2.80. The van der Waals surface area contributed by atoms with Gasteiger partial charge in [-0.2, -0.15) is 5.10 Å². The predicted octanol–water partition coefficient (Wildman–Crippen LogP) is 4.73. The second kappa shape index (κ2) is 7.43. The summed E-state index contributed by atoms with van der Waals surface area (Å²) in [6.45, 7) is 7.86. The van der Waals surface area contributed by atoms with Crippen LogP contribution in [-0.2, 0) is 19.5 Å². The Morgan fingerprint density at radius 1 is 1.33 bits per heavy atom. The first-order valence-electron chi connectivity index (χ1n) is 7.30. The van der Waals surface area contributed by atoms with E-state index in [1.165, 1.54) is 5.56 Å². The van der Waals surface area contributed by atoms with Crippen molar-refractivity contribution in [3.63, 3.8) is 0 Å². The van der Waals surface area contributed by atoms with Crippen LogP contribution in [0, 0.1) is 0 Å². The van der Waals surface area contributed by atoms with Crippen LogP contribution in [0.4, 0.5) is 0 Å². The third kappa shape index (κ3) is 3.68. The quantitative estimate of drug-likeness (QED) is 0.796. The van der Waals surface area contributed by atoms with Crippen LogP contribution in [0.2, 0.25) is 5.02 Å². The van der Waals surface area contributed by atoms with Gasteiger partial charge in [-0.05, 0) is 31.9 Å². The van der Waals surface area contributed by atoms with Crippen molar-refractivity contribution < 1.29 is 0 Å². The Morgan fingerprint density at radius 3 is 2.67 bits per heavy atom. The Labute approximate surface area is 139 Å². The topological polar surface area (TPSA) is 29.9 Å². The predicted molar refractivity (Wildman–Crippen MR) is 91.7 cm³/mol. The van der Waals surface area contributed by atoms with E-state index >= 15 is 0 Å². The van der Waals surface area contributed by atoms with Gasteiger partial charge in [0.05, 0.1) is 16.4 Å². The summed E-state index contributed by atoms with van der Waals surface area (Å²) in [5.74, 6) is 0. The first-order valence-corrected chi connectivity index (χ1v) is 8.47. The molecule has 0 aliphatic rings. The van der Waals surface area contributed by atoms with E-state index in [4.69, 9.17) is 11.6 Å². The fourth-order valence-corrected chi connectivity index (χ4v) is 3.34. The van der Waals surface area contributed by atoms with Crippen molar-refractivity contribution in [2.45, 2.75) is 46.3 Å². The molecule has 1 heterocycles. The lowest BCUT2D eigenvalue weighted by Crippen LogP contribution is -2.20. The van der Waals surface area contributed by atoms with Crippen LogP contribution in [0.5, 0.6) is 0 Å². The molecule has 5 heteroatoms. The minimum atomic E-state index is 0.238. The van der Waals surface area contributed by atoms with Crippen molar-refractivity contribution in [1.29, 1.82) is 0 Å². The van der Waals surface area contributed by atoms with Gasteiger partial charge in [-0.3, -0.25) is 4.68 Å². The first-order chi connectivity index (χ1) is 10.1. The molecule has 1 aromatic carbocycles. The summed E-state index contributed by atoms with van der Waals surface area (Å²) in [7, 11) is 0. The molecule has 0 saturated carbocycles. The summed E-state index contributed by atoms with van der Waals surface area (Å²) in [5, 5.41) is 8.88. The van der Waals surface area contributed by atoms with E-state index in [0.29, 0.717) is 6.54 Å². The van der Waals surface area contributed by atoms with Gasteiger partial charge >= 0.3 is 0 Å². The summed E-state index contributed by atoms with van der Waals surface area (Å²) < 4.78 is 3.11. The van der Waals surface area contributed by atoms with Crippen LogP contribution in [-0.4, -0.2) is 9.78 Å². The van der Waals surface area contributed by atoms with Gasteiger partial charge in [0.15, 0.2) is 0 Å². The highest BCUT2D eigenvalue weighted by molar-refractivity contribution is 9.10. The number of hydrogen-bond donors (Lipinski definition) is 1. The lowest BCUT2D eigenvalue weighted by molar-refractivity contribution is 0.529. The summed E-state index contributed by atoms with van der Waals surface area (Å²) in [6, 6.07) is 8.50. The molecule has 0 spiro atoms. The molecule has 0 bridgehead atoms. The Balaban J connectivity index is 2.13. The molecule has 1 atom stereocenters. The van der Waals surface area contributed by atoms with Gasteiger partial charge in [-0.25, -0.2) is 0 Å². The number of benzene rings is 1. The number of nitrogens with one attached hydrogen (secondary N) is 1. The fourth-order valence-electron chi connectivity index (χ4n) is 2.37. The maximum Gasteiger partial charge on any atom is 0.0863 e. The molecule has 2 aromatic rings. The summed E-state index contributed by atoms with van der Waals surface area (Å²) >= 11 is 10.0. The Bertz CT molecular complexity index is 610. The Kier molecular flexibility index (Phi) is 5.85. The average molecular weight is 371 g/mol. The first kappa shape index (κ1) is 16.5. The van der Waals surface area contributed by atoms with E-state index in [2.05, 4.69) is 65.3 Å². The van der Waals surface area contributed by atoms with E-state index in [0.717, 1.165) is 33.8 Å². The van der Waals surface area contributed by atoms with Crippen molar-refractivity contribution >= 4 is 27.5 Å². The third-order valence-corrected chi connectivity index (χ3v) is 4.80. The van der Waals surface area contributed by atoms with E-state index in [1.54, 1.807) is 0 Å². The van der Waals surface area contributed by atoms with E-state index in [9.17, 15) is 0 Å². The van der Waals surface area contributed by atoms with Crippen LogP contribution in [0.3, 0.4) is 0 Å². The molecule has 0 saturated heterocycles. The van der Waals surface area contributed by atoms with Crippen molar-refractivity contribution in [2.24, 2.45) is 0 Å². The van der Waals surface area contributed by atoms with E-state index in [1.807, 2.05) is 10.7 Å². The van der Waals surface area contributed by atoms with Gasteiger partial charge < -0.3 is 5.32 Å². The molecular formula is C16H21BrClN3. The van der Waals surface area contributed by atoms with Crippen LogP contribution >= 0.6 is 27.5 Å². The molecule has 1 N–H and O–H groups in total. The van der Waals surface area contributed by atoms with Gasteiger partial charge in [0.1, 0.15) is 0 Å². The zero-order valence-electron chi connectivity index (χ0n) is 12.7. The van der Waals surface area contributed by atoms with Crippen molar-refractivity contribution in [3.8, 4) is 0 Å². The molecule has 2 rings (SSSR count). The largest absolute Gasteiger partial charge is 0.304 e. The zero-order valence-corrected chi connectivity index (χ0v) is 15.0. The number of nitrogens with zero attached hydrogens (tertiary/aromatic N) is 2. The maximum absolute atomic E-state index is 6.44. The third-order valence-electron chi connectivity index (χ3n) is 3.64. The second-order valence-electron chi connectivity index (χ2n) is 5.00. The van der Waals surface area contributed by atoms with Gasteiger partial charge in [0.2, 0.25) is 0 Å². The molecule has 0 aliphatic carbocycles. The fraction of sp³-hybridized carbons (Fsp3) is 0.438. The number of aryl methyl sites for hydroxylation is 2. The molecule has 1 aromatic heterocycles. The minimum absolute atomic E-state index is 0.238. The molecule has 0 amide bonds. The van der Waals surface area contributed by atoms with Crippen LogP contribution in [0.1, 0.15) is 43.8 Å². The van der Waals surface area contributed by atoms with Gasteiger partial charge in [-0.1, -0.05) is 52.7 Å². The highest BCUT2D eigenvalue weighted by Gasteiger charge is 2.15. The highest BCUT2D eigenvalue weighted by atomic mass is 79.9. The lowest BCUT2D eigenvalue weighted by atomic mass is 10.1. The van der Waals surface area contributed by atoms with Crippen LogP contribution in [0.25, 0.3) is 0 Å². The lowest BCUT2D eigenvalue weighted by Gasteiger charge is -2.16. The summed E-state index contributed by atoms with van der Waals surface area (Å²) in [5.41, 5.74) is 3.28. The SMILES string of the molecule is CCc1nn(CC)c(CN[C@@H](C)c2ccccc2Br)c1Cl. The Hall–Kier alpha value is -0.840. The van der Waals surface area contributed by atoms with Gasteiger partial charge in [0.25, 0.3) is 0 Å².